The van der Waals surface area contributed by atoms with Gasteiger partial charge in [-0.3, -0.25) is 0 Å². The number of halogens is 1. The predicted molar refractivity (Wildman–Crippen MR) is 77.8 cm³/mol. The molecule has 1 N–H and O–H groups in total. The maximum absolute atomic E-state index is 6.08. The van der Waals surface area contributed by atoms with Gasteiger partial charge in [0.05, 0.1) is 7.11 Å². The molecule has 1 unspecified atom stereocenters. The van der Waals surface area contributed by atoms with Crippen LogP contribution in [0.3, 0.4) is 0 Å². The molecule has 0 spiro atoms. The molecule has 0 saturated carbocycles. The minimum absolute atomic E-state index is 0.202. The van der Waals surface area contributed by atoms with Crippen molar-refractivity contribution in [3.8, 4) is 5.75 Å². The number of hydrogen-bond acceptors (Lipinski definition) is 3. The zero-order chi connectivity index (χ0) is 13.0. The standard InChI is InChI=1S/C14H16ClNOS/c1-16-13(7-10-5-6-18-9-10)12-8-11(15)3-4-14(12)17-2/h3-6,8-9,13,16H,7H2,1-2H3. The van der Waals surface area contributed by atoms with Crippen molar-refractivity contribution in [1.29, 1.82) is 0 Å². The van der Waals surface area contributed by atoms with Crippen LogP contribution in [-0.4, -0.2) is 14.2 Å². The second-order valence-electron chi connectivity index (χ2n) is 4.06. The van der Waals surface area contributed by atoms with Gasteiger partial charge in [0, 0.05) is 16.6 Å². The molecule has 96 valence electrons. The fraction of sp³-hybridized carbons (Fsp3) is 0.286. The lowest BCUT2D eigenvalue weighted by molar-refractivity contribution is 0.401. The van der Waals surface area contributed by atoms with Crippen LogP contribution in [-0.2, 0) is 6.42 Å². The van der Waals surface area contributed by atoms with E-state index in [2.05, 4.69) is 22.1 Å². The van der Waals surface area contributed by atoms with Crippen LogP contribution in [0.25, 0.3) is 0 Å². The van der Waals surface area contributed by atoms with E-state index in [0.717, 1.165) is 22.8 Å². The second-order valence-corrected chi connectivity index (χ2v) is 5.28. The largest absolute Gasteiger partial charge is 0.496 e. The fourth-order valence-corrected chi connectivity index (χ4v) is 2.85. The van der Waals surface area contributed by atoms with Crippen molar-refractivity contribution in [1.82, 2.24) is 5.32 Å². The molecule has 1 aromatic carbocycles. The Morgan fingerprint density at radius 1 is 1.39 bits per heavy atom. The quantitative estimate of drug-likeness (QED) is 0.897. The van der Waals surface area contributed by atoms with E-state index >= 15 is 0 Å². The van der Waals surface area contributed by atoms with Crippen molar-refractivity contribution >= 4 is 22.9 Å². The van der Waals surface area contributed by atoms with Gasteiger partial charge in [0.1, 0.15) is 5.75 Å². The lowest BCUT2D eigenvalue weighted by Crippen LogP contribution is -2.19. The smallest absolute Gasteiger partial charge is 0.123 e. The molecule has 1 heterocycles. The van der Waals surface area contributed by atoms with Crippen LogP contribution in [0.1, 0.15) is 17.2 Å². The first-order valence-corrected chi connectivity index (χ1v) is 7.08. The van der Waals surface area contributed by atoms with E-state index in [0.29, 0.717) is 0 Å². The van der Waals surface area contributed by atoms with Crippen molar-refractivity contribution in [3.05, 3.63) is 51.2 Å². The van der Waals surface area contributed by atoms with E-state index in [1.165, 1.54) is 5.56 Å². The highest BCUT2D eigenvalue weighted by Crippen LogP contribution is 2.30. The van der Waals surface area contributed by atoms with E-state index in [9.17, 15) is 0 Å². The minimum atomic E-state index is 0.202. The Labute approximate surface area is 117 Å². The van der Waals surface area contributed by atoms with Gasteiger partial charge in [-0.2, -0.15) is 11.3 Å². The average Bonchev–Trinajstić information content (AvgIpc) is 2.88. The van der Waals surface area contributed by atoms with E-state index in [4.69, 9.17) is 16.3 Å². The Morgan fingerprint density at radius 3 is 2.83 bits per heavy atom. The molecule has 2 nitrogen and oxygen atoms in total. The molecule has 2 rings (SSSR count). The third-order valence-electron chi connectivity index (χ3n) is 2.94. The number of rotatable bonds is 5. The molecule has 0 amide bonds. The van der Waals surface area contributed by atoms with Gasteiger partial charge < -0.3 is 10.1 Å². The molecule has 2 aromatic rings. The Kier molecular flexibility index (Phi) is 4.64. The molecule has 4 heteroatoms. The number of methoxy groups -OCH3 is 1. The summed E-state index contributed by atoms with van der Waals surface area (Å²) in [5.41, 5.74) is 2.42. The molecule has 0 aliphatic heterocycles. The van der Waals surface area contributed by atoms with E-state index < -0.39 is 0 Å². The van der Waals surface area contributed by atoms with Crippen molar-refractivity contribution in [2.75, 3.05) is 14.2 Å². The van der Waals surface area contributed by atoms with E-state index in [-0.39, 0.29) is 6.04 Å². The molecule has 0 saturated heterocycles. The van der Waals surface area contributed by atoms with Gasteiger partial charge in [-0.1, -0.05) is 11.6 Å². The summed E-state index contributed by atoms with van der Waals surface area (Å²) in [4.78, 5) is 0. The summed E-state index contributed by atoms with van der Waals surface area (Å²) in [7, 11) is 3.64. The van der Waals surface area contributed by atoms with Crippen LogP contribution in [0.15, 0.2) is 35.0 Å². The highest BCUT2D eigenvalue weighted by Gasteiger charge is 2.15. The highest BCUT2D eigenvalue weighted by atomic mass is 35.5. The van der Waals surface area contributed by atoms with Gasteiger partial charge in [-0.25, -0.2) is 0 Å². The Balaban J connectivity index is 2.28. The molecular weight excluding hydrogens is 266 g/mol. The number of nitrogens with one attached hydrogen (secondary N) is 1. The summed E-state index contributed by atoms with van der Waals surface area (Å²) in [6, 6.07) is 8.07. The lowest BCUT2D eigenvalue weighted by atomic mass is 10.00. The SMILES string of the molecule is CNC(Cc1ccsc1)c1cc(Cl)ccc1OC. The molecule has 0 fully saturated rings. The molecule has 0 radical (unpaired) electrons. The van der Waals surface area contributed by atoms with Gasteiger partial charge in [0.15, 0.2) is 0 Å². The summed E-state index contributed by atoms with van der Waals surface area (Å²) in [5, 5.41) is 8.32. The van der Waals surface area contributed by atoms with Crippen LogP contribution in [0.5, 0.6) is 5.75 Å². The number of likely N-dealkylation sites (N-methyl/N-ethyl adjacent to an activating group) is 1. The third-order valence-corrected chi connectivity index (χ3v) is 3.90. The lowest BCUT2D eigenvalue weighted by Gasteiger charge is -2.19. The topological polar surface area (TPSA) is 21.3 Å². The number of hydrogen-bond donors (Lipinski definition) is 1. The molecular formula is C14H16ClNOS. The normalized spacial score (nSPS) is 12.4. The summed E-state index contributed by atoms with van der Waals surface area (Å²) in [5.74, 6) is 0.869. The van der Waals surface area contributed by atoms with Crippen molar-refractivity contribution in [2.45, 2.75) is 12.5 Å². The van der Waals surface area contributed by atoms with Crippen LogP contribution in [0.2, 0.25) is 5.02 Å². The fourth-order valence-electron chi connectivity index (χ4n) is 1.99. The molecule has 1 atom stereocenters. The molecule has 0 bridgehead atoms. The summed E-state index contributed by atoms with van der Waals surface area (Å²) in [6.45, 7) is 0. The predicted octanol–water partition coefficient (Wildman–Crippen LogP) is 3.91. The Morgan fingerprint density at radius 2 is 2.22 bits per heavy atom. The van der Waals surface area contributed by atoms with Crippen molar-refractivity contribution in [3.63, 3.8) is 0 Å². The van der Waals surface area contributed by atoms with Gasteiger partial charge in [-0.05, 0) is 54.1 Å². The van der Waals surface area contributed by atoms with Gasteiger partial charge >= 0.3 is 0 Å². The molecule has 18 heavy (non-hydrogen) atoms. The maximum atomic E-state index is 6.08. The zero-order valence-corrected chi connectivity index (χ0v) is 12.0. The Bertz CT molecular complexity index is 499. The van der Waals surface area contributed by atoms with Crippen molar-refractivity contribution < 1.29 is 4.74 Å². The van der Waals surface area contributed by atoms with Gasteiger partial charge in [0.25, 0.3) is 0 Å². The van der Waals surface area contributed by atoms with Crippen LogP contribution in [0.4, 0.5) is 0 Å². The summed E-state index contributed by atoms with van der Waals surface area (Å²) >= 11 is 7.79. The first kappa shape index (κ1) is 13.4. The van der Waals surface area contributed by atoms with Gasteiger partial charge in [-0.15, -0.1) is 0 Å². The third kappa shape index (κ3) is 3.05. The summed E-state index contributed by atoms with van der Waals surface area (Å²) < 4.78 is 5.41. The second kappa shape index (κ2) is 6.23. The first-order chi connectivity index (χ1) is 8.74. The van der Waals surface area contributed by atoms with E-state index in [1.54, 1.807) is 18.4 Å². The Hall–Kier alpha value is -1.03. The average molecular weight is 282 g/mol. The molecule has 0 aliphatic rings. The van der Waals surface area contributed by atoms with Crippen LogP contribution in [0, 0.1) is 0 Å². The monoisotopic (exact) mass is 281 g/mol. The molecule has 1 aromatic heterocycles. The summed E-state index contributed by atoms with van der Waals surface area (Å²) in [6.07, 6.45) is 0.927. The van der Waals surface area contributed by atoms with Crippen LogP contribution < -0.4 is 10.1 Å². The van der Waals surface area contributed by atoms with Gasteiger partial charge in [0.2, 0.25) is 0 Å². The number of thiophene rings is 1. The van der Waals surface area contributed by atoms with Crippen LogP contribution >= 0.6 is 22.9 Å². The number of ether oxygens (including phenoxy) is 1. The number of benzene rings is 1. The maximum Gasteiger partial charge on any atom is 0.123 e. The van der Waals surface area contributed by atoms with Crippen molar-refractivity contribution in [2.24, 2.45) is 0 Å². The highest BCUT2D eigenvalue weighted by molar-refractivity contribution is 7.07. The first-order valence-electron chi connectivity index (χ1n) is 5.76. The van der Waals surface area contributed by atoms with E-state index in [1.807, 2.05) is 25.2 Å². The zero-order valence-electron chi connectivity index (χ0n) is 10.4. The minimum Gasteiger partial charge on any atom is -0.496 e. The molecule has 0 aliphatic carbocycles.